The van der Waals surface area contributed by atoms with Crippen LogP contribution in [0, 0.1) is 5.92 Å². The fraction of sp³-hybridized carbons (Fsp3) is 0.462. The average Bonchev–Trinajstić information content (AvgIpc) is 2.17. The van der Waals surface area contributed by atoms with Gasteiger partial charge in [-0.15, -0.1) is 0 Å². The smallest absolute Gasteiger partial charge is 0.310 e. The van der Waals surface area contributed by atoms with Gasteiger partial charge in [0.1, 0.15) is 0 Å². The molecule has 0 heterocycles. The van der Waals surface area contributed by atoms with Gasteiger partial charge in [-0.2, -0.15) is 0 Å². The Morgan fingerprint density at radius 1 is 1.19 bits per heavy atom. The van der Waals surface area contributed by atoms with E-state index in [1.54, 1.807) is 6.92 Å². The van der Waals surface area contributed by atoms with Crippen LogP contribution in [0.2, 0.25) is 0 Å². The van der Waals surface area contributed by atoms with Crippen LogP contribution in [0.25, 0.3) is 0 Å². The van der Waals surface area contributed by atoms with Gasteiger partial charge >= 0.3 is 5.97 Å². The average molecular weight is 272 g/mol. The topological polar surface area (TPSA) is 37.3 Å². The maximum atomic E-state index is 10.8. The molecular formula is C13H18O2Zn. The minimum Gasteiger partial charge on any atom is -0.481 e. The third-order valence-corrected chi connectivity index (χ3v) is 2.49. The SMILES string of the molecule is CC(C)Cc1ccc(C(C)C(=O)O)cc1.[Zn]. The predicted octanol–water partition coefficient (Wildman–Crippen LogP) is 3.07. The minimum absolute atomic E-state index is 0. The molecule has 1 unspecified atom stereocenters. The molecular weight excluding hydrogens is 254 g/mol. The van der Waals surface area contributed by atoms with Crippen molar-refractivity contribution in [2.24, 2.45) is 5.92 Å². The minimum atomic E-state index is -0.772. The number of hydrogen-bond acceptors (Lipinski definition) is 1. The summed E-state index contributed by atoms with van der Waals surface area (Å²) < 4.78 is 0. The largest absolute Gasteiger partial charge is 0.481 e. The third-order valence-electron chi connectivity index (χ3n) is 2.49. The van der Waals surface area contributed by atoms with Crippen molar-refractivity contribution in [2.75, 3.05) is 0 Å². The first-order valence-corrected chi connectivity index (χ1v) is 5.32. The summed E-state index contributed by atoms with van der Waals surface area (Å²) in [6.45, 7) is 6.06. The zero-order chi connectivity index (χ0) is 11.4. The van der Waals surface area contributed by atoms with E-state index in [1.165, 1.54) is 5.56 Å². The van der Waals surface area contributed by atoms with Crippen LogP contribution in [-0.4, -0.2) is 11.1 Å². The molecule has 3 heteroatoms. The molecule has 84 valence electrons. The molecule has 0 bridgehead atoms. The quantitative estimate of drug-likeness (QED) is 0.855. The molecule has 16 heavy (non-hydrogen) atoms. The van der Waals surface area contributed by atoms with Gasteiger partial charge in [-0.1, -0.05) is 38.1 Å². The number of carboxylic acids is 1. The van der Waals surface area contributed by atoms with E-state index in [0.29, 0.717) is 5.92 Å². The van der Waals surface area contributed by atoms with Crippen molar-refractivity contribution in [1.29, 1.82) is 0 Å². The maximum absolute atomic E-state index is 10.8. The first-order valence-electron chi connectivity index (χ1n) is 5.32. The number of carbonyl (C=O) groups is 1. The Bertz CT molecular complexity index is 330. The molecule has 0 aliphatic heterocycles. The van der Waals surface area contributed by atoms with E-state index >= 15 is 0 Å². The molecule has 1 atom stereocenters. The molecule has 1 rings (SSSR count). The van der Waals surface area contributed by atoms with Crippen LogP contribution in [0.15, 0.2) is 24.3 Å². The summed E-state index contributed by atoms with van der Waals surface area (Å²) in [5, 5.41) is 8.85. The standard InChI is InChI=1S/C13H18O2.Zn/c1-9(2)8-11-4-6-12(7-5-11)10(3)13(14)15;/h4-7,9-10H,8H2,1-3H3,(H,14,15);. The van der Waals surface area contributed by atoms with Gasteiger partial charge in [0.15, 0.2) is 0 Å². The zero-order valence-corrected chi connectivity index (χ0v) is 13.2. The van der Waals surface area contributed by atoms with E-state index in [4.69, 9.17) is 5.11 Å². The monoisotopic (exact) mass is 270 g/mol. The Morgan fingerprint density at radius 3 is 2.06 bits per heavy atom. The second-order valence-corrected chi connectivity index (χ2v) is 4.40. The number of carboxylic acid groups (broad SMARTS) is 1. The van der Waals surface area contributed by atoms with Crippen LogP contribution >= 0.6 is 0 Å². The van der Waals surface area contributed by atoms with E-state index < -0.39 is 11.9 Å². The Hall–Kier alpha value is -0.687. The Labute approximate surface area is 110 Å². The first kappa shape index (κ1) is 15.3. The van der Waals surface area contributed by atoms with Crippen LogP contribution in [0.3, 0.4) is 0 Å². The van der Waals surface area contributed by atoms with Crippen molar-refractivity contribution in [1.82, 2.24) is 0 Å². The number of hydrogen-bond donors (Lipinski definition) is 1. The second kappa shape index (κ2) is 6.80. The van der Waals surface area contributed by atoms with E-state index in [9.17, 15) is 4.79 Å². The summed E-state index contributed by atoms with van der Waals surface area (Å²) in [5.74, 6) is -0.558. The van der Waals surface area contributed by atoms with Gasteiger partial charge in [0.25, 0.3) is 0 Å². The molecule has 0 aliphatic carbocycles. The van der Waals surface area contributed by atoms with Crippen LogP contribution in [0.1, 0.15) is 37.8 Å². The molecule has 0 fully saturated rings. The van der Waals surface area contributed by atoms with Gasteiger partial charge in [-0.3, -0.25) is 4.79 Å². The summed E-state index contributed by atoms with van der Waals surface area (Å²) >= 11 is 0. The van der Waals surface area contributed by atoms with E-state index in [2.05, 4.69) is 13.8 Å². The van der Waals surface area contributed by atoms with Gasteiger partial charge in [-0.05, 0) is 30.4 Å². The number of benzene rings is 1. The van der Waals surface area contributed by atoms with Crippen LogP contribution in [0.5, 0.6) is 0 Å². The summed E-state index contributed by atoms with van der Waals surface area (Å²) in [6, 6.07) is 7.87. The third kappa shape index (κ3) is 4.44. The van der Waals surface area contributed by atoms with Gasteiger partial charge in [0.05, 0.1) is 5.92 Å². The molecule has 2 nitrogen and oxygen atoms in total. The van der Waals surface area contributed by atoms with E-state index in [1.807, 2.05) is 24.3 Å². The molecule has 0 saturated heterocycles. The molecule has 0 saturated carbocycles. The summed E-state index contributed by atoms with van der Waals surface area (Å²) in [4.78, 5) is 10.8. The summed E-state index contributed by atoms with van der Waals surface area (Å²) in [5.41, 5.74) is 2.14. The molecule has 1 N–H and O–H groups in total. The van der Waals surface area contributed by atoms with Crippen molar-refractivity contribution >= 4 is 5.97 Å². The predicted molar refractivity (Wildman–Crippen MR) is 61.0 cm³/mol. The van der Waals surface area contributed by atoms with Crippen molar-refractivity contribution < 1.29 is 29.4 Å². The molecule has 0 spiro atoms. The fourth-order valence-electron chi connectivity index (χ4n) is 1.56. The van der Waals surface area contributed by atoms with Gasteiger partial charge < -0.3 is 5.11 Å². The fourth-order valence-corrected chi connectivity index (χ4v) is 1.56. The molecule has 0 amide bonds. The van der Waals surface area contributed by atoms with E-state index in [-0.39, 0.29) is 19.5 Å². The summed E-state index contributed by atoms with van der Waals surface area (Å²) in [6.07, 6.45) is 1.04. The van der Waals surface area contributed by atoms with Crippen molar-refractivity contribution in [3.8, 4) is 0 Å². The number of rotatable bonds is 4. The molecule has 0 aromatic heterocycles. The van der Waals surface area contributed by atoms with Crippen molar-refractivity contribution in [3.63, 3.8) is 0 Å². The Morgan fingerprint density at radius 2 is 1.69 bits per heavy atom. The van der Waals surface area contributed by atoms with Crippen LogP contribution < -0.4 is 0 Å². The maximum Gasteiger partial charge on any atom is 0.310 e. The van der Waals surface area contributed by atoms with Gasteiger partial charge in [0, 0.05) is 19.5 Å². The normalized spacial score (nSPS) is 12.0. The number of aliphatic carboxylic acids is 1. The van der Waals surface area contributed by atoms with Crippen LogP contribution in [0.4, 0.5) is 0 Å². The van der Waals surface area contributed by atoms with E-state index in [0.717, 1.165) is 12.0 Å². The zero-order valence-electron chi connectivity index (χ0n) is 10.2. The van der Waals surface area contributed by atoms with Crippen molar-refractivity contribution in [3.05, 3.63) is 35.4 Å². The van der Waals surface area contributed by atoms with Gasteiger partial charge in [-0.25, -0.2) is 0 Å². The molecule has 1 aromatic rings. The second-order valence-electron chi connectivity index (χ2n) is 4.40. The molecule has 1 aromatic carbocycles. The molecule has 0 radical (unpaired) electrons. The first-order chi connectivity index (χ1) is 7.00. The van der Waals surface area contributed by atoms with Crippen LogP contribution in [-0.2, 0) is 30.7 Å². The Kier molecular flexibility index (Phi) is 6.51. The Balaban J connectivity index is 0.00000225. The molecule has 0 aliphatic rings. The summed E-state index contributed by atoms with van der Waals surface area (Å²) in [7, 11) is 0. The van der Waals surface area contributed by atoms with Crippen molar-refractivity contribution in [2.45, 2.75) is 33.1 Å². The van der Waals surface area contributed by atoms with Gasteiger partial charge in [0.2, 0.25) is 0 Å².